The van der Waals surface area contributed by atoms with Crippen LogP contribution in [0.1, 0.15) is 16.9 Å². The first-order valence-electron chi connectivity index (χ1n) is 5.24. The van der Waals surface area contributed by atoms with Crippen molar-refractivity contribution in [2.24, 2.45) is 0 Å². The van der Waals surface area contributed by atoms with Crippen molar-refractivity contribution in [3.05, 3.63) is 23.9 Å². The van der Waals surface area contributed by atoms with Gasteiger partial charge in [0.05, 0.1) is 19.6 Å². The van der Waals surface area contributed by atoms with E-state index in [1.807, 2.05) is 0 Å². The number of carbonyl (C=O) groups excluding carboxylic acids is 2. The molecular weight excluding hydrogens is 242 g/mol. The number of nitrogens with zero attached hydrogens (tertiary/aromatic N) is 1. The first kappa shape index (κ1) is 14.1. The second kappa shape index (κ2) is 7.36. The number of hydrogen-bond donors (Lipinski definition) is 2. The minimum Gasteiger partial charge on any atom is -0.459 e. The average Bonchev–Trinajstić information content (AvgIpc) is 2.36. The molecule has 0 aliphatic heterocycles. The fourth-order valence-electron chi connectivity index (χ4n) is 1.06. The number of aliphatic hydroxyl groups excluding tert-OH is 2. The Kier molecular flexibility index (Phi) is 5.75. The summed E-state index contributed by atoms with van der Waals surface area (Å²) in [7, 11) is 0. The van der Waals surface area contributed by atoms with E-state index in [0.717, 1.165) is 0 Å². The summed E-state index contributed by atoms with van der Waals surface area (Å²) in [5.74, 6) is -1.41. The summed E-state index contributed by atoms with van der Waals surface area (Å²) in [6.07, 6.45) is -0.152. The number of carbonyl (C=O) groups is 2. The molecule has 0 amide bonds. The molecule has 0 spiro atoms. The topological polar surface area (TPSA) is 106 Å². The summed E-state index contributed by atoms with van der Waals surface area (Å²) in [5.41, 5.74) is -0.0299. The highest BCUT2D eigenvalue weighted by Crippen LogP contribution is 2.09. The maximum absolute atomic E-state index is 11.4. The SMILES string of the molecule is O=C(CCO)Oc1cccc(C(=O)OCCO)n1. The van der Waals surface area contributed by atoms with Crippen LogP contribution in [0, 0.1) is 0 Å². The molecular formula is C11H13NO6. The zero-order valence-corrected chi connectivity index (χ0v) is 9.54. The number of esters is 2. The zero-order chi connectivity index (χ0) is 13.4. The lowest BCUT2D eigenvalue weighted by Crippen LogP contribution is -2.13. The van der Waals surface area contributed by atoms with E-state index in [1.54, 1.807) is 0 Å². The average molecular weight is 255 g/mol. The second-order valence-corrected chi connectivity index (χ2v) is 3.17. The van der Waals surface area contributed by atoms with Gasteiger partial charge in [0.1, 0.15) is 6.61 Å². The van der Waals surface area contributed by atoms with Gasteiger partial charge in [-0.05, 0) is 6.07 Å². The number of hydrogen-bond acceptors (Lipinski definition) is 7. The largest absolute Gasteiger partial charge is 0.459 e. The maximum Gasteiger partial charge on any atom is 0.357 e. The molecule has 0 radical (unpaired) electrons. The van der Waals surface area contributed by atoms with Crippen LogP contribution in [-0.4, -0.2) is 47.0 Å². The van der Waals surface area contributed by atoms with Crippen molar-refractivity contribution in [1.29, 1.82) is 0 Å². The Balaban J connectivity index is 2.67. The van der Waals surface area contributed by atoms with Gasteiger partial charge in [0.2, 0.25) is 5.88 Å². The highest BCUT2D eigenvalue weighted by atomic mass is 16.5. The van der Waals surface area contributed by atoms with E-state index in [2.05, 4.69) is 9.72 Å². The molecule has 1 rings (SSSR count). The van der Waals surface area contributed by atoms with Crippen LogP contribution >= 0.6 is 0 Å². The molecule has 0 fully saturated rings. The normalized spacial score (nSPS) is 9.89. The molecule has 0 aromatic carbocycles. The Morgan fingerprint density at radius 3 is 2.67 bits per heavy atom. The van der Waals surface area contributed by atoms with Crippen LogP contribution in [0.25, 0.3) is 0 Å². The van der Waals surface area contributed by atoms with E-state index in [9.17, 15) is 9.59 Å². The molecule has 98 valence electrons. The molecule has 0 saturated heterocycles. The van der Waals surface area contributed by atoms with Crippen LogP contribution in [-0.2, 0) is 9.53 Å². The van der Waals surface area contributed by atoms with E-state index >= 15 is 0 Å². The minimum absolute atomic E-state index is 0.0299. The van der Waals surface area contributed by atoms with Crippen LogP contribution < -0.4 is 4.74 Å². The fourth-order valence-corrected chi connectivity index (χ4v) is 1.06. The number of aromatic nitrogens is 1. The lowest BCUT2D eigenvalue weighted by Gasteiger charge is -2.05. The smallest absolute Gasteiger partial charge is 0.357 e. The van der Waals surface area contributed by atoms with Gasteiger partial charge in [0.25, 0.3) is 0 Å². The standard InChI is InChI=1S/C11H13NO6/c13-5-4-10(15)18-9-3-1-2-8(12-9)11(16)17-7-6-14/h1-3,13-14H,4-7H2. The Hall–Kier alpha value is -1.99. The van der Waals surface area contributed by atoms with Crippen LogP contribution in [0.3, 0.4) is 0 Å². The van der Waals surface area contributed by atoms with Crippen LogP contribution in [0.2, 0.25) is 0 Å². The number of pyridine rings is 1. The molecule has 2 N–H and O–H groups in total. The van der Waals surface area contributed by atoms with Gasteiger partial charge in [-0.3, -0.25) is 4.79 Å². The van der Waals surface area contributed by atoms with E-state index in [4.69, 9.17) is 14.9 Å². The molecule has 0 saturated carbocycles. The van der Waals surface area contributed by atoms with Gasteiger partial charge in [-0.25, -0.2) is 9.78 Å². The Labute approximate surface area is 103 Å². The highest BCUT2D eigenvalue weighted by Gasteiger charge is 2.11. The number of ether oxygens (including phenoxy) is 2. The molecule has 0 bridgehead atoms. The van der Waals surface area contributed by atoms with Crippen LogP contribution in [0.4, 0.5) is 0 Å². The molecule has 0 aliphatic carbocycles. The predicted octanol–water partition coefficient (Wildman–Crippen LogP) is -0.482. The van der Waals surface area contributed by atoms with Crippen molar-refractivity contribution in [1.82, 2.24) is 4.98 Å². The van der Waals surface area contributed by atoms with Gasteiger partial charge in [-0.2, -0.15) is 0 Å². The molecule has 1 aromatic rings. The monoisotopic (exact) mass is 255 g/mol. The van der Waals surface area contributed by atoms with Crippen molar-refractivity contribution >= 4 is 11.9 Å². The summed E-state index contributed by atoms with van der Waals surface area (Å²) in [6.45, 7) is -0.733. The second-order valence-electron chi connectivity index (χ2n) is 3.17. The van der Waals surface area contributed by atoms with E-state index < -0.39 is 11.9 Å². The van der Waals surface area contributed by atoms with Crippen molar-refractivity contribution in [3.63, 3.8) is 0 Å². The van der Waals surface area contributed by atoms with Gasteiger partial charge in [-0.15, -0.1) is 0 Å². The molecule has 1 heterocycles. The quantitative estimate of drug-likeness (QED) is 0.661. The van der Waals surface area contributed by atoms with Crippen LogP contribution in [0.15, 0.2) is 18.2 Å². The predicted molar refractivity (Wildman–Crippen MR) is 58.9 cm³/mol. The molecule has 1 aromatic heterocycles. The maximum atomic E-state index is 11.4. The Morgan fingerprint density at radius 2 is 2.00 bits per heavy atom. The molecule has 7 nitrogen and oxygen atoms in total. The van der Waals surface area contributed by atoms with E-state index in [-0.39, 0.29) is 37.8 Å². The van der Waals surface area contributed by atoms with Gasteiger partial charge in [-0.1, -0.05) is 6.07 Å². The van der Waals surface area contributed by atoms with E-state index in [0.29, 0.717) is 0 Å². The molecule has 0 aliphatic rings. The summed E-state index contributed by atoms with van der Waals surface area (Å²) in [5, 5.41) is 17.0. The molecule has 18 heavy (non-hydrogen) atoms. The van der Waals surface area contributed by atoms with Crippen molar-refractivity contribution in [3.8, 4) is 5.88 Å². The minimum atomic E-state index is -0.718. The number of aliphatic hydroxyl groups is 2. The lowest BCUT2D eigenvalue weighted by molar-refractivity contribution is -0.135. The molecule has 0 atom stereocenters. The number of rotatable bonds is 6. The molecule has 7 heteroatoms. The fraction of sp³-hybridized carbons (Fsp3) is 0.364. The third-order valence-electron chi connectivity index (χ3n) is 1.79. The highest BCUT2D eigenvalue weighted by molar-refractivity contribution is 5.87. The first-order chi connectivity index (χ1) is 8.67. The van der Waals surface area contributed by atoms with Gasteiger partial charge < -0.3 is 19.7 Å². The van der Waals surface area contributed by atoms with E-state index in [1.165, 1.54) is 18.2 Å². The van der Waals surface area contributed by atoms with Crippen molar-refractivity contribution < 1.29 is 29.3 Å². The summed E-state index contributed by atoms with van der Waals surface area (Å²) in [4.78, 5) is 26.3. The lowest BCUT2D eigenvalue weighted by atomic mass is 10.3. The van der Waals surface area contributed by atoms with Gasteiger partial charge in [0, 0.05) is 6.07 Å². The Bertz CT molecular complexity index is 420. The summed E-state index contributed by atoms with van der Waals surface area (Å²) >= 11 is 0. The van der Waals surface area contributed by atoms with Crippen LogP contribution in [0.5, 0.6) is 5.88 Å². The third kappa shape index (κ3) is 4.48. The van der Waals surface area contributed by atoms with Gasteiger partial charge in [0.15, 0.2) is 5.69 Å². The first-order valence-corrected chi connectivity index (χ1v) is 5.24. The Morgan fingerprint density at radius 1 is 1.22 bits per heavy atom. The summed E-state index contributed by atoms with van der Waals surface area (Å²) < 4.78 is 9.44. The van der Waals surface area contributed by atoms with Crippen molar-refractivity contribution in [2.75, 3.05) is 19.8 Å². The molecule has 0 unspecified atom stereocenters. The van der Waals surface area contributed by atoms with Crippen molar-refractivity contribution in [2.45, 2.75) is 6.42 Å². The van der Waals surface area contributed by atoms with Gasteiger partial charge >= 0.3 is 11.9 Å². The zero-order valence-electron chi connectivity index (χ0n) is 9.54. The third-order valence-corrected chi connectivity index (χ3v) is 1.79. The summed E-state index contributed by atoms with van der Waals surface area (Å²) in [6, 6.07) is 4.27.